The molecule has 0 bridgehead atoms. The number of hydrogen-bond acceptors (Lipinski definition) is 4. The van der Waals surface area contributed by atoms with Crippen molar-refractivity contribution in [1.29, 1.82) is 0 Å². The first kappa shape index (κ1) is 13.0. The summed E-state index contributed by atoms with van der Waals surface area (Å²) in [5, 5.41) is -0.603. The predicted molar refractivity (Wildman–Crippen MR) is 65.2 cm³/mol. The number of nitrogens with one attached hydrogen (secondary N) is 2. The van der Waals surface area contributed by atoms with Gasteiger partial charge in [0.2, 0.25) is 10.0 Å². The first-order valence-electron chi connectivity index (χ1n) is 5.53. The zero-order valence-corrected chi connectivity index (χ0v) is 10.4. The number of hydrogen-bond donors (Lipinski definition) is 2. The zero-order valence-electron chi connectivity index (χ0n) is 9.63. The second kappa shape index (κ2) is 5.47. The van der Waals surface area contributed by atoms with Gasteiger partial charge in [-0.25, -0.2) is 8.42 Å². The standard InChI is InChI=1S/C11H14N2O4S/c14-11(9-4-2-1-3-5-9)12-13-18(15,16)10-6-7-17-8-10/h1-5,10,13H,6-8H2,(H,12,14). The van der Waals surface area contributed by atoms with Crippen LogP contribution in [0.2, 0.25) is 0 Å². The molecule has 1 aromatic carbocycles. The van der Waals surface area contributed by atoms with E-state index in [0.29, 0.717) is 18.6 Å². The Labute approximate surface area is 105 Å². The van der Waals surface area contributed by atoms with E-state index in [2.05, 4.69) is 10.3 Å². The van der Waals surface area contributed by atoms with E-state index in [4.69, 9.17) is 4.74 Å². The lowest BCUT2D eigenvalue weighted by Gasteiger charge is -2.12. The van der Waals surface area contributed by atoms with Crippen LogP contribution in [0.3, 0.4) is 0 Å². The van der Waals surface area contributed by atoms with Crippen LogP contribution in [0.25, 0.3) is 0 Å². The molecule has 2 rings (SSSR count). The molecule has 1 atom stereocenters. The van der Waals surface area contributed by atoms with Crippen LogP contribution < -0.4 is 10.3 Å². The van der Waals surface area contributed by atoms with Crippen LogP contribution in [-0.2, 0) is 14.8 Å². The van der Waals surface area contributed by atoms with Crippen LogP contribution in [0.4, 0.5) is 0 Å². The van der Waals surface area contributed by atoms with E-state index in [0.717, 1.165) is 0 Å². The summed E-state index contributed by atoms with van der Waals surface area (Å²) in [6.07, 6.45) is 0.441. The molecule has 1 fully saturated rings. The molecule has 18 heavy (non-hydrogen) atoms. The molecular formula is C11H14N2O4S. The van der Waals surface area contributed by atoms with Crippen molar-refractivity contribution in [2.45, 2.75) is 11.7 Å². The fourth-order valence-electron chi connectivity index (χ4n) is 1.62. The minimum atomic E-state index is -3.57. The maximum atomic E-state index is 11.8. The summed E-state index contributed by atoms with van der Waals surface area (Å²) in [7, 11) is -3.57. The maximum absolute atomic E-state index is 11.8. The Balaban J connectivity index is 1.93. The van der Waals surface area contributed by atoms with Crippen molar-refractivity contribution in [2.75, 3.05) is 13.2 Å². The van der Waals surface area contributed by atoms with E-state index in [9.17, 15) is 13.2 Å². The predicted octanol–water partition coefficient (Wildman–Crippen LogP) is 0.0397. The number of rotatable bonds is 4. The molecule has 1 aromatic rings. The molecular weight excluding hydrogens is 256 g/mol. The third-order valence-electron chi connectivity index (χ3n) is 2.67. The minimum absolute atomic E-state index is 0.163. The summed E-state index contributed by atoms with van der Waals surface area (Å²) >= 11 is 0. The first-order chi connectivity index (χ1) is 8.59. The minimum Gasteiger partial charge on any atom is -0.380 e. The molecule has 0 saturated carbocycles. The van der Waals surface area contributed by atoms with Gasteiger partial charge in [0.1, 0.15) is 5.25 Å². The van der Waals surface area contributed by atoms with Crippen LogP contribution in [-0.4, -0.2) is 32.8 Å². The van der Waals surface area contributed by atoms with E-state index in [-0.39, 0.29) is 6.61 Å². The zero-order chi connectivity index (χ0) is 13.0. The molecule has 98 valence electrons. The van der Waals surface area contributed by atoms with Gasteiger partial charge in [0.05, 0.1) is 6.61 Å². The van der Waals surface area contributed by atoms with Gasteiger partial charge >= 0.3 is 0 Å². The highest BCUT2D eigenvalue weighted by Crippen LogP contribution is 2.11. The summed E-state index contributed by atoms with van der Waals surface area (Å²) in [6.45, 7) is 0.592. The fraction of sp³-hybridized carbons (Fsp3) is 0.364. The lowest BCUT2D eigenvalue weighted by molar-refractivity contribution is 0.0945. The largest absolute Gasteiger partial charge is 0.380 e. The highest BCUT2D eigenvalue weighted by atomic mass is 32.2. The molecule has 1 amide bonds. The number of sulfonamides is 1. The molecule has 1 heterocycles. The highest BCUT2D eigenvalue weighted by Gasteiger charge is 2.29. The van der Waals surface area contributed by atoms with E-state index in [1.165, 1.54) is 0 Å². The Morgan fingerprint density at radius 2 is 2.00 bits per heavy atom. The van der Waals surface area contributed by atoms with Crippen molar-refractivity contribution in [1.82, 2.24) is 10.3 Å². The van der Waals surface area contributed by atoms with E-state index in [1.54, 1.807) is 30.3 Å². The van der Waals surface area contributed by atoms with Gasteiger partial charge in [-0.2, -0.15) is 0 Å². The van der Waals surface area contributed by atoms with Crippen LogP contribution in [0.5, 0.6) is 0 Å². The summed E-state index contributed by atoms with van der Waals surface area (Å²) in [5.41, 5.74) is 2.58. The molecule has 6 nitrogen and oxygen atoms in total. The SMILES string of the molecule is O=C(NNS(=O)(=O)C1CCOC1)c1ccccc1. The van der Waals surface area contributed by atoms with Gasteiger partial charge in [0.15, 0.2) is 0 Å². The van der Waals surface area contributed by atoms with Crippen molar-refractivity contribution in [3.05, 3.63) is 35.9 Å². The van der Waals surface area contributed by atoms with Crippen LogP contribution in [0.1, 0.15) is 16.8 Å². The van der Waals surface area contributed by atoms with E-state index in [1.807, 2.05) is 0 Å². The average molecular weight is 270 g/mol. The normalized spacial score (nSPS) is 19.7. The lowest BCUT2D eigenvalue weighted by atomic mass is 10.2. The number of amides is 1. The van der Waals surface area contributed by atoms with Crippen molar-refractivity contribution in [3.63, 3.8) is 0 Å². The number of carbonyl (C=O) groups is 1. The lowest BCUT2D eigenvalue weighted by Crippen LogP contribution is -2.46. The Morgan fingerprint density at radius 1 is 1.28 bits per heavy atom. The summed E-state index contributed by atoms with van der Waals surface area (Å²) in [4.78, 5) is 13.7. The van der Waals surface area contributed by atoms with E-state index >= 15 is 0 Å². The molecule has 0 radical (unpaired) electrons. The summed E-state index contributed by atoms with van der Waals surface area (Å²) in [5.74, 6) is -0.488. The Kier molecular flexibility index (Phi) is 3.95. The van der Waals surface area contributed by atoms with Gasteiger partial charge in [0, 0.05) is 12.2 Å². The Bertz CT molecular complexity index is 509. The van der Waals surface area contributed by atoms with Crippen molar-refractivity contribution in [3.8, 4) is 0 Å². The van der Waals surface area contributed by atoms with Gasteiger partial charge in [0.25, 0.3) is 5.91 Å². The van der Waals surface area contributed by atoms with Gasteiger partial charge in [-0.15, -0.1) is 4.83 Å². The molecule has 7 heteroatoms. The third kappa shape index (κ3) is 3.06. The maximum Gasteiger partial charge on any atom is 0.266 e. The fourth-order valence-corrected chi connectivity index (χ4v) is 2.70. The third-order valence-corrected chi connectivity index (χ3v) is 4.31. The average Bonchev–Trinajstić information content (AvgIpc) is 2.92. The number of ether oxygens (including phenoxy) is 1. The number of benzene rings is 1. The second-order valence-electron chi connectivity index (χ2n) is 3.95. The van der Waals surface area contributed by atoms with Crippen molar-refractivity contribution >= 4 is 15.9 Å². The number of hydrazine groups is 1. The van der Waals surface area contributed by atoms with Crippen molar-refractivity contribution < 1.29 is 17.9 Å². The second-order valence-corrected chi connectivity index (χ2v) is 5.91. The molecule has 1 saturated heterocycles. The van der Waals surface area contributed by atoms with Gasteiger partial charge in [-0.3, -0.25) is 10.2 Å². The molecule has 2 N–H and O–H groups in total. The van der Waals surface area contributed by atoms with Gasteiger partial charge < -0.3 is 4.74 Å². The first-order valence-corrected chi connectivity index (χ1v) is 7.08. The Morgan fingerprint density at radius 3 is 2.61 bits per heavy atom. The Hall–Kier alpha value is -1.44. The molecule has 0 aromatic heterocycles. The monoisotopic (exact) mass is 270 g/mol. The van der Waals surface area contributed by atoms with Crippen LogP contribution in [0.15, 0.2) is 30.3 Å². The molecule has 0 spiro atoms. The molecule has 0 aliphatic carbocycles. The quantitative estimate of drug-likeness (QED) is 0.757. The topological polar surface area (TPSA) is 84.5 Å². The molecule has 1 unspecified atom stereocenters. The van der Waals surface area contributed by atoms with E-state index < -0.39 is 21.2 Å². The summed E-state index contributed by atoms with van der Waals surface area (Å²) in [6, 6.07) is 8.38. The van der Waals surface area contributed by atoms with Crippen LogP contribution in [0, 0.1) is 0 Å². The van der Waals surface area contributed by atoms with Crippen LogP contribution >= 0.6 is 0 Å². The highest BCUT2D eigenvalue weighted by molar-refractivity contribution is 7.90. The van der Waals surface area contributed by atoms with Crippen molar-refractivity contribution in [2.24, 2.45) is 0 Å². The number of carbonyl (C=O) groups excluding carboxylic acids is 1. The van der Waals surface area contributed by atoms with Gasteiger partial charge in [-0.1, -0.05) is 18.2 Å². The van der Waals surface area contributed by atoms with Gasteiger partial charge in [-0.05, 0) is 18.6 Å². The smallest absolute Gasteiger partial charge is 0.266 e. The summed E-state index contributed by atoms with van der Waals surface area (Å²) < 4.78 is 28.5. The molecule has 1 aliphatic heterocycles. The molecule has 1 aliphatic rings.